The molecule has 0 aliphatic carbocycles. The van der Waals surface area contributed by atoms with Crippen LogP contribution in [0, 0.1) is 0 Å². The topological polar surface area (TPSA) is 84.3 Å². The first-order chi connectivity index (χ1) is 14.7. The number of carbonyl (C=O) groups excluding carboxylic acids is 1. The van der Waals surface area contributed by atoms with Crippen molar-refractivity contribution in [3.8, 4) is 0 Å². The van der Waals surface area contributed by atoms with Crippen LogP contribution < -0.4 is 4.90 Å². The SMILES string of the molecule is CSc1nc(N2C[C@H]3CC[C@@H](C2)N3C(=O)OC(C)(C)C)c2c(n1)sc1c(Cl)nncc12. The normalized spacial score (nSPS) is 21.3. The van der Waals surface area contributed by atoms with Gasteiger partial charge in [0.15, 0.2) is 10.3 Å². The number of carbonyl (C=O) groups is 1. The molecule has 0 radical (unpaired) electrons. The number of nitrogens with zero attached hydrogens (tertiary/aromatic N) is 6. The van der Waals surface area contributed by atoms with Crippen LogP contribution in [0.5, 0.6) is 0 Å². The molecule has 0 unspecified atom stereocenters. The molecule has 31 heavy (non-hydrogen) atoms. The van der Waals surface area contributed by atoms with Crippen LogP contribution in [0.25, 0.3) is 20.3 Å². The molecule has 2 fully saturated rings. The van der Waals surface area contributed by atoms with Gasteiger partial charge in [-0.05, 0) is 39.9 Å². The van der Waals surface area contributed by atoms with Crippen molar-refractivity contribution in [2.24, 2.45) is 0 Å². The van der Waals surface area contributed by atoms with Gasteiger partial charge in [-0.2, -0.15) is 5.10 Å². The first-order valence-corrected chi connectivity index (χ1v) is 12.6. The van der Waals surface area contributed by atoms with E-state index in [-0.39, 0.29) is 18.2 Å². The highest BCUT2D eigenvalue weighted by atomic mass is 35.5. The summed E-state index contributed by atoms with van der Waals surface area (Å²) in [6.07, 6.45) is 5.41. The zero-order valence-electron chi connectivity index (χ0n) is 17.8. The smallest absolute Gasteiger partial charge is 0.410 e. The first-order valence-electron chi connectivity index (χ1n) is 10.2. The number of anilines is 1. The lowest BCUT2D eigenvalue weighted by atomic mass is 10.1. The zero-order valence-corrected chi connectivity index (χ0v) is 20.1. The molecule has 2 bridgehead atoms. The molecule has 5 heterocycles. The minimum Gasteiger partial charge on any atom is -0.444 e. The van der Waals surface area contributed by atoms with Crippen molar-refractivity contribution >= 4 is 66.9 Å². The first kappa shape index (κ1) is 21.0. The number of thiophene rings is 1. The monoisotopic (exact) mass is 478 g/mol. The number of aromatic nitrogens is 4. The van der Waals surface area contributed by atoms with Gasteiger partial charge in [0.1, 0.15) is 16.2 Å². The Morgan fingerprint density at radius 3 is 2.61 bits per heavy atom. The van der Waals surface area contributed by atoms with Crippen molar-refractivity contribution < 1.29 is 9.53 Å². The summed E-state index contributed by atoms with van der Waals surface area (Å²) >= 11 is 9.34. The third-order valence-electron chi connectivity index (χ3n) is 5.64. The van der Waals surface area contributed by atoms with Gasteiger partial charge in [-0.15, -0.1) is 16.4 Å². The average molecular weight is 479 g/mol. The Kier molecular flexibility index (Phi) is 5.14. The van der Waals surface area contributed by atoms with E-state index in [1.165, 1.54) is 23.1 Å². The summed E-state index contributed by atoms with van der Waals surface area (Å²) in [7, 11) is 0. The molecule has 0 spiro atoms. The largest absolute Gasteiger partial charge is 0.444 e. The summed E-state index contributed by atoms with van der Waals surface area (Å²) in [6, 6.07) is 0.203. The van der Waals surface area contributed by atoms with Gasteiger partial charge in [-0.1, -0.05) is 23.4 Å². The van der Waals surface area contributed by atoms with E-state index in [1.807, 2.05) is 31.9 Å². The molecule has 164 valence electrons. The van der Waals surface area contributed by atoms with Gasteiger partial charge in [0.25, 0.3) is 0 Å². The van der Waals surface area contributed by atoms with Crippen LogP contribution in [0.4, 0.5) is 10.6 Å². The molecule has 2 atom stereocenters. The second-order valence-electron chi connectivity index (χ2n) is 8.87. The van der Waals surface area contributed by atoms with E-state index in [0.717, 1.165) is 39.0 Å². The third-order valence-corrected chi connectivity index (χ3v) is 7.67. The maximum Gasteiger partial charge on any atom is 0.410 e. The lowest BCUT2D eigenvalue weighted by Gasteiger charge is -2.42. The van der Waals surface area contributed by atoms with E-state index >= 15 is 0 Å². The van der Waals surface area contributed by atoms with E-state index in [9.17, 15) is 4.79 Å². The molecule has 0 N–H and O–H groups in total. The van der Waals surface area contributed by atoms with Crippen LogP contribution in [0.1, 0.15) is 33.6 Å². The number of amides is 1. The number of ether oxygens (including phenoxy) is 1. The maximum absolute atomic E-state index is 12.8. The minimum atomic E-state index is -0.504. The number of halogens is 1. The lowest BCUT2D eigenvalue weighted by molar-refractivity contribution is 0.0123. The van der Waals surface area contributed by atoms with Gasteiger partial charge in [0.2, 0.25) is 0 Å². The van der Waals surface area contributed by atoms with Gasteiger partial charge >= 0.3 is 6.09 Å². The van der Waals surface area contributed by atoms with Crippen molar-refractivity contribution in [3.05, 3.63) is 11.3 Å². The highest BCUT2D eigenvalue weighted by molar-refractivity contribution is 7.98. The molecular weight excluding hydrogens is 456 g/mol. The van der Waals surface area contributed by atoms with Gasteiger partial charge < -0.3 is 9.64 Å². The van der Waals surface area contributed by atoms with Crippen LogP contribution >= 0.6 is 34.7 Å². The number of rotatable bonds is 2. The molecule has 2 aliphatic rings. The molecule has 5 rings (SSSR count). The van der Waals surface area contributed by atoms with Gasteiger partial charge in [-0.25, -0.2) is 14.8 Å². The van der Waals surface area contributed by atoms with Crippen molar-refractivity contribution in [1.82, 2.24) is 25.1 Å². The molecule has 2 aliphatic heterocycles. The third kappa shape index (κ3) is 3.68. The predicted molar refractivity (Wildman–Crippen MR) is 124 cm³/mol. The fourth-order valence-electron chi connectivity index (χ4n) is 4.45. The van der Waals surface area contributed by atoms with Crippen molar-refractivity contribution in [2.75, 3.05) is 24.2 Å². The number of piperazine rings is 1. The molecular formula is C20H23ClN6O2S2. The highest BCUT2D eigenvalue weighted by Crippen LogP contribution is 2.42. The standard InChI is InChI=1S/C20H23ClN6O2S2/c1-20(2,3)29-19(28)27-10-5-6-11(27)9-26(8-10)16-13-12-7-22-25-15(21)14(12)31-17(13)24-18(23-16)30-4/h7,10-11H,5-6,8-9H2,1-4H3/t10-,11+. The Morgan fingerprint density at radius 1 is 1.26 bits per heavy atom. The Balaban J connectivity index is 1.54. The van der Waals surface area contributed by atoms with E-state index in [2.05, 4.69) is 15.1 Å². The highest BCUT2D eigenvalue weighted by Gasteiger charge is 2.45. The zero-order chi connectivity index (χ0) is 21.9. The Hall–Kier alpha value is -1.91. The molecule has 3 aromatic heterocycles. The van der Waals surface area contributed by atoms with Gasteiger partial charge in [-0.3, -0.25) is 4.90 Å². The maximum atomic E-state index is 12.8. The molecule has 11 heteroatoms. The van der Waals surface area contributed by atoms with Crippen LogP contribution in [0.15, 0.2) is 11.4 Å². The Bertz CT molecular complexity index is 1170. The number of fused-ring (bicyclic) bond motifs is 5. The summed E-state index contributed by atoms with van der Waals surface area (Å²) < 4.78 is 6.55. The van der Waals surface area contributed by atoms with Gasteiger partial charge in [0.05, 0.1) is 28.4 Å². The van der Waals surface area contributed by atoms with Crippen molar-refractivity contribution in [1.29, 1.82) is 0 Å². The average Bonchev–Trinajstić information content (AvgIpc) is 3.21. The van der Waals surface area contributed by atoms with Crippen LogP contribution in [-0.4, -0.2) is 68.2 Å². The summed E-state index contributed by atoms with van der Waals surface area (Å²) in [5.74, 6) is 0.880. The van der Waals surface area contributed by atoms with E-state index in [1.54, 1.807) is 6.20 Å². The lowest BCUT2D eigenvalue weighted by Crippen LogP contribution is -2.57. The molecule has 0 aromatic carbocycles. The van der Waals surface area contributed by atoms with Crippen molar-refractivity contribution in [3.63, 3.8) is 0 Å². The molecule has 2 saturated heterocycles. The van der Waals surface area contributed by atoms with E-state index < -0.39 is 5.60 Å². The summed E-state index contributed by atoms with van der Waals surface area (Å²) in [5.41, 5.74) is -0.504. The minimum absolute atomic E-state index is 0.102. The van der Waals surface area contributed by atoms with E-state index in [0.29, 0.717) is 23.4 Å². The molecule has 8 nitrogen and oxygen atoms in total. The number of hydrogen-bond donors (Lipinski definition) is 0. The quantitative estimate of drug-likeness (QED) is 0.390. The molecule has 0 saturated carbocycles. The fourth-order valence-corrected chi connectivity index (χ4v) is 6.15. The Morgan fingerprint density at radius 2 is 1.97 bits per heavy atom. The fraction of sp³-hybridized carbons (Fsp3) is 0.550. The molecule has 3 aromatic rings. The van der Waals surface area contributed by atoms with Crippen LogP contribution in [0.2, 0.25) is 5.15 Å². The van der Waals surface area contributed by atoms with Crippen LogP contribution in [0.3, 0.4) is 0 Å². The summed E-state index contributed by atoms with van der Waals surface area (Å²) in [6.45, 7) is 7.12. The second-order valence-corrected chi connectivity index (χ2v) is 11.0. The van der Waals surface area contributed by atoms with Crippen LogP contribution in [-0.2, 0) is 4.74 Å². The van der Waals surface area contributed by atoms with E-state index in [4.69, 9.17) is 26.3 Å². The number of hydrogen-bond acceptors (Lipinski definition) is 9. The van der Waals surface area contributed by atoms with Crippen molar-refractivity contribution in [2.45, 2.75) is 56.5 Å². The predicted octanol–water partition coefficient (Wildman–Crippen LogP) is 4.60. The number of thioether (sulfide) groups is 1. The summed E-state index contributed by atoms with van der Waals surface area (Å²) in [5, 5.41) is 11.0. The Labute approximate surface area is 193 Å². The summed E-state index contributed by atoms with van der Waals surface area (Å²) in [4.78, 5) is 27.5. The second kappa shape index (κ2) is 7.60. The van der Waals surface area contributed by atoms with Gasteiger partial charge in [0, 0.05) is 18.5 Å². The molecule has 1 amide bonds.